The van der Waals surface area contributed by atoms with Gasteiger partial charge in [-0.25, -0.2) is 15.5 Å². The Bertz CT molecular complexity index is 808. The Labute approximate surface area is 161 Å². The fraction of sp³-hybridized carbons (Fsp3) is 0.333. The Morgan fingerprint density at radius 2 is 2.12 bits per heavy atom. The van der Waals surface area contributed by atoms with E-state index in [9.17, 15) is 14.4 Å². The number of halogens is 1. The van der Waals surface area contributed by atoms with Crippen LogP contribution in [-0.4, -0.2) is 49.2 Å². The summed E-state index contributed by atoms with van der Waals surface area (Å²) < 4.78 is 1.38. The molecule has 0 saturated heterocycles. The van der Waals surface area contributed by atoms with Crippen LogP contribution in [0.1, 0.15) is 18.4 Å². The van der Waals surface area contributed by atoms with Gasteiger partial charge >= 0.3 is 0 Å². The molecule has 2 heterocycles. The first-order chi connectivity index (χ1) is 12.4. The maximum atomic E-state index is 11.5. The third-order valence-electron chi connectivity index (χ3n) is 2.72. The lowest BCUT2D eigenvalue weighted by Gasteiger charge is -2.09. The summed E-state index contributed by atoms with van der Waals surface area (Å²) >= 11 is 7.74. The predicted octanol–water partition coefficient (Wildman–Crippen LogP) is -0.325. The second kappa shape index (κ2) is 9.47. The quantitative estimate of drug-likeness (QED) is 0.149. The van der Waals surface area contributed by atoms with Crippen LogP contribution in [0.3, 0.4) is 0 Å². The number of anilines is 1. The number of rotatable bonds is 8. The number of hydrazine groups is 1. The van der Waals surface area contributed by atoms with E-state index in [1.54, 1.807) is 5.38 Å². The number of hydrogen-bond acceptors (Lipinski definition) is 9. The highest BCUT2D eigenvalue weighted by Crippen LogP contribution is 2.20. The van der Waals surface area contributed by atoms with E-state index in [2.05, 4.69) is 25.9 Å². The van der Waals surface area contributed by atoms with Crippen molar-refractivity contribution < 1.29 is 14.4 Å². The summed E-state index contributed by atoms with van der Waals surface area (Å²) in [6.07, 6.45) is 0.254. The maximum absolute atomic E-state index is 11.5. The van der Waals surface area contributed by atoms with Crippen molar-refractivity contribution in [1.29, 1.82) is 0 Å². The topological polar surface area (TPSA) is 157 Å². The molecule has 11 nitrogen and oxygen atoms in total. The molecular weight excluding hydrogens is 404 g/mol. The fourth-order valence-electron chi connectivity index (χ4n) is 1.71. The molecule has 26 heavy (non-hydrogen) atoms. The Morgan fingerprint density at radius 1 is 1.35 bits per heavy atom. The van der Waals surface area contributed by atoms with Crippen LogP contribution >= 0.6 is 34.7 Å². The lowest BCUT2D eigenvalue weighted by molar-refractivity contribution is -0.118. The minimum absolute atomic E-state index is 0.0134. The van der Waals surface area contributed by atoms with Gasteiger partial charge in [0.1, 0.15) is 5.88 Å². The third-order valence-corrected chi connectivity index (χ3v) is 4.70. The molecule has 0 aliphatic carbocycles. The summed E-state index contributed by atoms with van der Waals surface area (Å²) in [5.41, 5.74) is 5.22. The molecule has 0 saturated carbocycles. The predicted molar refractivity (Wildman–Crippen MR) is 97.4 cm³/mol. The van der Waals surface area contributed by atoms with Crippen LogP contribution in [0.4, 0.5) is 5.13 Å². The second-order valence-electron chi connectivity index (χ2n) is 4.76. The fourth-order valence-corrected chi connectivity index (χ4v) is 3.23. The largest absolute Gasteiger partial charge is 0.301 e. The molecule has 0 aliphatic heterocycles. The van der Waals surface area contributed by atoms with Crippen molar-refractivity contribution in [3.05, 3.63) is 16.9 Å². The summed E-state index contributed by atoms with van der Waals surface area (Å²) in [6, 6.07) is 0. The van der Waals surface area contributed by atoms with Gasteiger partial charge in [-0.3, -0.25) is 25.2 Å². The van der Waals surface area contributed by atoms with Gasteiger partial charge in [0.15, 0.2) is 11.0 Å². The second-order valence-corrected chi connectivity index (χ2v) is 6.83. The van der Waals surface area contributed by atoms with Crippen molar-refractivity contribution in [3.8, 4) is 0 Å². The van der Waals surface area contributed by atoms with Gasteiger partial charge in [-0.2, -0.15) is 0 Å². The van der Waals surface area contributed by atoms with Gasteiger partial charge in [0.2, 0.25) is 22.9 Å². The summed E-state index contributed by atoms with van der Waals surface area (Å²) in [5.74, 6) is 4.22. The molecule has 0 aromatic carbocycles. The summed E-state index contributed by atoms with van der Waals surface area (Å²) in [7, 11) is 0. The molecule has 0 spiro atoms. The number of aromatic nitrogens is 4. The molecule has 0 aliphatic rings. The van der Waals surface area contributed by atoms with E-state index in [4.69, 9.17) is 17.4 Å². The van der Waals surface area contributed by atoms with Crippen LogP contribution in [0.2, 0.25) is 0 Å². The molecule has 3 amide bonds. The number of amides is 3. The molecule has 0 fully saturated rings. The van der Waals surface area contributed by atoms with Crippen molar-refractivity contribution >= 4 is 57.6 Å². The van der Waals surface area contributed by atoms with Crippen molar-refractivity contribution in [3.63, 3.8) is 0 Å². The van der Waals surface area contributed by atoms with E-state index in [0.29, 0.717) is 21.8 Å². The average Bonchev–Trinajstić information content (AvgIpc) is 3.20. The molecule has 0 unspecified atom stereocenters. The Kier molecular flexibility index (Phi) is 7.32. The number of nitrogens with zero attached hydrogens (tertiary/aromatic N) is 4. The number of alkyl halides is 1. The Balaban J connectivity index is 2.15. The van der Waals surface area contributed by atoms with Crippen LogP contribution in [0.15, 0.2) is 10.5 Å². The lowest BCUT2D eigenvalue weighted by atomic mass is 10.3. The van der Waals surface area contributed by atoms with Crippen LogP contribution < -0.4 is 22.0 Å². The zero-order valence-corrected chi connectivity index (χ0v) is 15.9. The first kappa shape index (κ1) is 20.1. The summed E-state index contributed by atoms with van der Waals surface area (Å²) in [4.78, 5) is 38.3. The standard InChI is InChI=1S/C12H15ClN8O3S2/c1-6(22)20-21-8(18-19-12(21)26-5-10(24)17-14)2-7-4-25-11(15-7)16-9(23)3-13/h4H,2-3,5,14H2,1H3,(H,17,24)(H,20,22)(H,15,16,23). The van der Waals surface area contributed by atoms with Crippen LogP contribution in [-0.2, 0) is 20.8 Å². The third kappa shape index (κ3) is 5.66. The molecule has 0 radical (unpaired) electrons. The zero-order valence-electron chi connectivity index (χ0n) is 13.5. The minimum atomic E-state index is -0.395. The van der Waals surface area contributed by atoms with Crippen LogP contribution in [0.5, 0.6) is 0 Å². The van der Waals surface area contributed by atoms with Gasteiger partial charge in [0, 0.05) is 12.3 Å². The Morgan fingerprint density at radius 3 is 2.77 bits per heavy atom. The number of thioether (sulfide) groups is 1. The highest BCUT2D eigenvalue weighted by molar-refractivity contribution is 7.99. The molecule has 2 aromatic rings. The van der Waals surface area contributed by atoms with Gasteiger partial charge in [0.25, 0.3) is 0 Å². The lowest BCUT2D eigenvalue weighted by Crippen LogP contribution is -2.31. The monoisotopic (exact) mass is 418 g/mol. The Hall–Kier alpha value is -2.22. The molecule has 0 atom stereocenters. The number of nitrogens with one attached hydrogen (secondary N) is 3. The van der Waals surface area contributed by atoms with Crippen molar-refractivity contribution in [2.24, 2.45) is 5.84 Å². The van der Waals surface area contributed by atoms with E-state index in [1.165, 1.54) is 22.9 Å². The normalized spacial score (nSPS) is 10.4. The summed E-state index contributed by atoms with van der Waals surface area (Å²) in [6.45, 7) is 1.34. The van der Waals surface area contributed by atoms with Gasteiger partial charge in [-0.15, -0.1) is 33.1 Å². The van der Waals surface area contributed by atoms with Crippen LogP contribution in [0.25, 0.3) is 0 Å². The average molecular weight is 419 g/mol. The van der Waals surface area contributed by atoms with Gasteiger partial charge in [-0.05, 0) is 0 Å². The molecule has 2 aromatic heterocycles. The van der Waals surface area contributed by atoms with Crippen molar-refractivity contribution in [2.45, 2.75) is 18.5 Å². The smallest absolute Gasteiger partial charge is 0.244 e. The first-order valence-electron chi connectivity index (χ1n) is 7.07. The number of carbonyl (C=O) groups excluding carboxylic acids is 3. The van der Waals surface area contributed by atoms with Gasteiger partial charge in [-0.1, -0.05) is 11.8 Å². The van der Waals surface area contributed by atoms with Crippen LogP contribution in [0, 0.1) is 0 Å². The summed E-state index contributed by atoms with van der Waals surface area (Å²) in [5, 5.41) is 13.0. The highest BCUT2D eigenvalue weighted by Gasteiger charge is 2.17. The molecular formula is C12H15ClN8O3S2. The van der Waals surface area contributed by atoms with E-state index in [1.807, 2.05) is 5.43 Å². The van der Waals surface area contributed by atoms with E-state index in [-0.39, 0.29) is 29.9 Å². The molecule has 5 N–H and O–H groups in total. The first-order valence-corrected chi connectivity index (χ1v) is 9.47. The van der Waals surface area contributed by atoms with E-state index in [0.717, 1.165) is 11.8 Å². The maximum Gasteiger partial charge on any atom is 0.244 e. The number of hydrogen-bond donors (Lipinski definition) is 4. The molecule has 14 heteroatoms. The minimum Gasteiger partial charge on any atom is -0.301 e. The zero-order chi connectivity index (χ0) is 19.1. The molecule has 0 bridgehead atoms. The number of thiazole rings is 1. The highest BCUT2D eigenvalue weighted by atomic mass is 35.5. The van der Waals surface area contributed by atoms with E-state index >= 15 is 0 Å². The van der Waals surface area contributed by atoms with Crippen molar-refractivity contribution in [2.75, 3.05) is 22.4 Å². The SMILES string of the molecule is CC(=O)Nn1c(Cc2csc(NC(=O)CCl)n2)nnc1SCC(=O)NN. The van der Waals surface area contributed by atoms with E-state index < -0.39 is 5.91 Å². The number of nitrogens with two attached hydrogens (primary N) is 1. The molecule has 140 valence electrons. The van der Waals surface area contributed by atoms with Crippen molar-refractivity contribution in [1.82, 2.24) is 25.3 Å². The van der Waals surface area contributed by atoms with Gasteiger partial charge in [0.05, 0.1) is 17.9 Å². The number of carbonyl (C=O) groups is 3. The van der Waals surface area contributed by atoms with Gasteiger partial charge < -0.3 is 5.32 Å². The molecule has 2 rings (SSSR count).